The van der Waals surface area contributed by atoms with Gasteiger partial charge in [0.05, 0.1) is 29.5 Å². The fourth-order valence-electron chi connectivity index (χ4n) is 3.13. The van der Waals surface area contributed by atoms with Crippen molar-refractivity contribution in [2.24, 2.45) is 4.99 Å². The normalized spacial score (nSPS) is 16.6. The molecular formula is C21H27IN4O3S. The molecule has 162 valence electrons. The minimum absolute atomic E-state index is 0. The number of fused-ring (bicyclic) bond motifs is 1. The first kappa shape index (κ1) is 23.0. The van der Waals surface area contributed by atoms with Crippen LogP contribution in [0.25, 0.3) is 21.0 Å². The van der Waals surface area contributed by atoms with Crippen LogP contribution in [0.5, 0.6) is 0 Å². The van der Waals surface area contributed by atoms with E-state index in [4.69, 9.17) is 13.9 Å². The lowest BCUT2D eigenvalue weighted by atomic mass is 10.3. The summed E-state index contributed by atoms with van der Waals surface area (Å²) in [6.45, 7) is 3.61. The van der Waals surface area contributed by atoms with Crippen molar-refractivity contribution >= 4 is 51.5 Å². The number of thiazole rings is 1. The van der Waals surface area contributed by atoms with E-state index in [1.807, 2.05) is 30.3 Å². The van der Waals surface area contributed by atoms with Crippen LogP contribution in [0, 0.1) is 0 Å². The number of hydrogen-bond acceptors (Lipinski definition) is 6. The molecule has 0 radical (unpaired) electrons. The third-order valence-electron chi connectivity index (χ3n) is 4.68. The number of para-hydroxylation sites is 1. The molecule has 2 N–H and O–H groups in total. The van der Waals surface area contributed by atoms with Gasteiger partial charge in [-0.25, -0.2) is 4.98 Å². The van der Waals surface area contributed by atoms with E-state index >= 15 is 0 Å². The molecule has 0 amide bonds. The predicted octanol–water partition coefficient (Wildman–Crippen LogP) is 4.03. The second kappa shape index (κ2) is 11.6. The Balaban J connectivity index is 0.00000256. The molecule has 3 aromatic rings. The van der Waals surface area contributed by atoms with E-state index in [-0.39, 0.29) is 30.1 Å². The first-order chi connectivity index (χ1) is 14.3. The number of rotatable bonds is 8. The molecule has 1 saturated heterocycles. The Kier molecular flexibility index (Phi) is 8.91. The van der Waals surface area contributed by atoms with Crippen LogP contribution in [0.1, 0.15) is 18.6 Å². The fraction of sp³-hybridized carbons (Fsp3) is 0.429. The second-order valence-electron chi connectivity index (χ2n) is 6.82. The van der Waals surface area contributed by atoms with E-state index in [0.29, 0.717) is 6.54 Å². The maximum atomic E-state index is 5.96. The van der Waals surface area contributed by atoms with E-state index in [0.717, 1.165) is 71.9 Å². The van der Waals surface area contributed by atoms with Gasteiger partial charge < -0.3 is 24.5 Å². The molecule has 0 saturated carbocycles. The summed E-state index contributed by atoms with van der Waals surface area (Å²) in [5.41, 5.74) is 0.998. The van der Waals surface area contributed by atoms with Crippen LogP contribution < -0.4 is 10.6 Å². The molecule has 2 aromatic heterocycles. The summed E-state index contributed by atoms with van der Waals surface area (Å²) in [5.74, 6) is 2.37. The fourth-order valence-corrected chi connectivity index (χ4v) is 4.06. The molecule has 0 bridgehead atoms. The number of hydrogen-bond donors (Lipinski definition) is 2. The highest BCUT2D eigenvalue weighted by atomic mass is 127. The molecule has 0 spiro atoms. The van der Waals surface area contributed by atoms with Crippen LogP contribution in [0.3, 0.4) is 0 Å². The number of aromatic nitrogens is 1. The Bertz CT molecular complexity index is 920. The van der Waals surface area contributed by atoms with Crippen molar-refractivity contribution in [3.8, 4) is 10.8 Å². The summed E-state index contributed by atoms with van der Waals surface area (Å²) in [6, 6.07) is 12.0. The number of halogens is 1. The van der Waals surface area contributed by atoms with Crippen LogP contribution in [-0.2, 0) is 16.0 Å². The molecule has 3 heterocycles. The zero-order chi connectivity index (χ0) is 19.9. The van der Waals surface area contributed by atoms with Gasteiger partial charge in [-0.3, -0.25) is 4.99 Å². The zero-order valence-corrected chi connectivity index (χ0v) is 20.1. The Labute approximate surface area is 197 Å². The molecule has 0 aliphatic carbocycles. The Morgan fingerprint density at radius 3 is 2.97 bits per heavy atom. The highest BCUT2D eigenvalue weighted by Crippen LogP contribution is 2.31. The molecule has 4 rings (SSSR count). The van der Waals surface area contributed by atoms with E-state index in [1.165, 1.54) is 0 Å². The molecule has 30 heavy (non-hydrogen) atoms. The van der Waals surface area contributed by atoms with Crippen LogP contribution in [0.15, 0.2) is 45.8 Å². The van der Waals surface area contributed by atoms with Crippen molar-refractivity contribution in [3.63, 3.8) is 0 Å². The lowest BCUT2D eigenvalue weighted by molar-refractivity contribution is 0.0420. The summed E-state index contributed by atoms with van der Waals surface area (Å²) in [4.78, 5) is 8.90. The van der Waals surface area contributed by atoms with Crippen LogP contribution >= 0.6 is 35.3 Å². The molecule has 1 fully saturated rings. The molecule has 1 aliphatic heterocycles. The molecule has 9 heteroatoms. The Morgan fingerprint density at radius 2 is 2.17 bits per heavy atom. The third kappa shape index (κ3) is 6.16. The molecular weight excluding hydrogens is 515 g/mol. The SMILES string of the molecule is CN=C(NCCCOC1CCOC1)NCc1ccc(-c2nc3ccccc3s2)o1.I. The van der Waals surface area contributed by atoms with Crippen LogP contribution in [0.4, 0.5) is 0 Å². The van der Waals surface area contributed by atoms with Gasteiger partial charge in [0.15, 0.2) is 16.7 Å². The predicted molar refractivity (Wildman–Crippen MR) is 131 cm³/mol. The van der Waals surface area contributed by atoms with Gasteiger partial charge in [-0.2, -0.15) is 0 Å². The standard InChI is InChI=1S/C21H26N4O3S.HI/c1-22-21(23-10-4-11-27-16-9-12-26-14-16)24-13-15-7-8-18(28-15)20-25-17-5-2-3-6-19(17)29-20;/h2-3,5-8,16H,4,9-14H2,1H3,(H2,22,23,24);1H. The lowest BCUT2D eigenvalue weighted by Crippen LogP contribution is -2.37. The highest BCUT2D eigenvalue weighted by Gasteiger charge is 2.15. The van der Waals surface area contributed by atoms with Gasteiger partial charge in [-0.05, 0) is 37.1 Å². The van der Waals surface area contributed by atoms with Gasteiger partial charge >= 0.3 is 0 Å². The number of furan rings is 1. The minimum atomic E-state index is 0. The number of ether oxygens (including phenoxy) is 2. The summed E-state index contributed by atoms with van der Waals surface area (Å²) >= 11 is 1.64. The molecule has 1 aromatic carbocycles. The number of benzene rings is 1. The maximum Gasteiger partial charge on any atom is 0.191 e. The van der Waals surface area contributed by atoms with Crippen molar-refractivity contribution < 1.29 is 13.9 Å². The van der Waals surface area contributed by atoms with Crippen LogP contribution in [-0.4, -0.2) is 50.5 Å². The Hall–Kier alpha value is -1.69. The van der Waals surface area contributed by atoms with Crippen molar-refractivity contribution in [1.82, 2.24) is 15.6 Å². The maximum absolute atomic E-state index is 5.96. The van der Waals surface area contributed by atoms with E-state index in [2.05, 4.69) is 26.7 Å². The largest absolute Gasteiger partial charge is 0.457 e. The first-order valence-corrected chi connectivity index (χ1v) is 10.7. The van der Waals surface area contributed by atoms with E-state index < -0.39 is 0 Å². The number of aliphatic imine (C=N–C) groups is 1. The topological polar surface area (TPSA) is 80.9 Å². The summed E-state index contributed by atoms with van der Waals surface area (Å²) in [5, 5.41) is 7.47. The van der Waals surface area contributed by atoms with Gasteiger partial charge in [0, 0.05) is 26.8 Å². The number of nitrogens with zero attached hydrogens (tertiary/aromatic N) is 2. The van der Waals surface area contributed by atoms with Gasteiger partial charge in [-0.15, -0.1) is 35.3 Å². The molecule has 7 nitrogen and oxygen atoms in total. The average molecular weight is 542 g/mol. The summed E-state index contributed by atoms with van der Waals surface area (Å²) in [7, 11) is 1.76. The van der Waals surface area contributed by atoms with Crippen LogP contribution in [0.2, 0.25) is 0 Å². The van der Waals surface area contributed by atoms with Gasteiger partial charge in [0.25, 0.3) is 0 Å². The quantitative estimate of drug-likeness (QED) is 0.194. The van der Waals surface area contributed by atoms with Crippen molar-refractivity contribution in [2.45, 2.75) is 25.5 Å². The summed E-state index contributed by atoms with van der Waals surface area (Å²) < 4.78 is 18.2. The molecule has 1 aliphatic rings. The van der Waals surface area contributed by atoms with Crippen molar-refractivity contribution in [3.05, 3.63) is 42.2 Å². The van der Waals surface area contributed by atoms with E-state index in [1.54, 1.807) is 18.4 Å². The second-order valence-corrected chi connectivity index (χ2v) is 7.85. The monoisotopic (exact) mass is 542 g/mol. The van der Waals surface area contributed by atoms with E-state index in [9.17, 15) is 0 Å². The first-order valence-electron chi connectivity index (χ1n) is 9.90. The van der Waals surface area contributed by atoms with Gasteiger partial charge in [0.2, 0.25) is 0 Å². The molecule has 1 atom stereocenters. The average Bonchev–Trinajstić information content (AvgIpc) is 3.50. The lowest BCUT2D eigenvalue weighted by Gasteiger charge is -2.12. The summed E-state index contributed by atoms with van der Waals surface area (Å²) in [6.07, 6.45) is 2.18. The highest BCUT2D eigenvalue weighted by molar-refractivity contribution is 14.0. The number of nitrogens with one attached hydrogen (secondary N) is 2. The van der Waals surface area contributed by atoms with Crippen molar-refractivity contribution in [1.29, 1.82) is 0 Å². The smallest absolute Gasteiger partial charge is 0.191 e. The van der Waals surface area contributed by atoms with Gasteiger partial charge in [0.1, 0.15) is 5.76 Å². The number of guanidine groups is 1. The Morgan fingerprint density at radius 1 is 1.27 bits per heavy atom. The minimum Gasteiger partial charge on any atom is -0.457 e. The van der Waals surface area contributed by atoms with Gasteiger partial charge in [-0.1, -0.05) is 12.1 Å². The van der Waals surface area contributed by atoms with Crippen molar-refractivity contribution in [2.75, 3.05) is 33.4 Å². The third-order valence-corrected chi connectivity index (χ3v) is 5.73. The molecule has 1 unspecified atom stereocenters. The zero-order valence-electron chi connectivity index (χ0n) is 16.9.